The fraction of sp³-hybridized carbons (Fsp3) is 0.308. The van der Waals surface area contributed by atoms with Crippen molar-refractivity contribution in [3.63, 3.8) is 0 Å². The van der Waals surface area contributed by atoms with Crippen LogP contribution in [-0.4, -0.2) is 9.78 Å². The number of aryl methyl sites for hydroxylation is 3. The van der Waals surface area contributed by atoms with Gasteiger partial charge in [0.1, 0.15) is 11.0 Å². The van der Waals surface area contributed by atoms with E-state index in [-0.39, 0.29) is 5.82 Å². The lowest BCUT2D eigenvalue weighted by Gasteiger charge is -2.08. The van der Waals surface area contributed by atoms with Gasteiger partial charge >= 0.3 is 0 Å². The maximum Gasteiger partial charge on any atom is 0.146 e. The van der Waals surface area contributed by atoms with Gasteiger partial charge in [0.25, 0.3) is 0 Å². The summed E-state index contributed by atoms with van der Waals surface area (Å²) in [7, 11) is 1.78. The van der Waals surface area contributed by atoms with Crippen LogP contribution in [0, 0.1) is 19.7 Å². The van der Waals surface area contributed by atoms with E-state index in [1.807, 2.05) is 13.8 Å². The highest BCUT2D eigenvalue weighted by Gasteiger charge is 2.11. The smallest absolute Gasteiger partial charge is 0.146 e. The third-order valence-corrected chi connectivity index (χ3v) is 3.32. The van der Waals surface area contributed by atoms with Crippen molar-refractivity contribution in [1.29, 1.82) is 0 Å². The lowest BCUT2D eigenvalue weighted by atomic mass is 10.2. The van der Waals surface area contributed by atoms with Crippen LogP contribution in [0.25, 0.3) is 0 Å². The van der Waals surface area contributed by atoms with Gasteiger partial charge in [-0.2, -0.15) is 5.10 Å². The van der Waals surface area contributed by atoms with Crippen LogP contribution in [0.15, 0.2) is 18.2 Å². The number of hydrogen-bond acceptors (Lipinski definition) is 2. The summed E-state index contributed by atoms with van der Waals surface area (Å²) in [6.45, 7) is 4.27. The molecule has 0 saturated carbocycles. The highest BCUT2D eigenvalue weighted by molar-refractivity contribution is 6.30. The van der Waals surface area contributed by atoms with Crippen molar-refractivity contribution < 1.29 is 4.39 Å². The van der Waals surface area contributed by atoms with Gasteiger partial charge in [0.2, 0.25) is 0 Å². The molecule has 0 atom stereocenters. The number of halogens is 2. The minimum atomic E-state index is -0.265. The first-order chi connectivity index (χ1) is 8.49. The molecular formula is C13H15ClFN3. The molecule has 0 unspecified atom stereocenters. The van der Waals surface area contributed by atoms with E-state index in [0.29, 0.717) is 17.4 Å². The Morgan fingerprint density at radius 3 is 2.72 bits per heavy atom. The number of nitrogens with zero attached hydrogens (tertiary/aromatic N) is 2. The van der Waals surface area contributed by atoms with Gasteiger partial charge in [-0.05, 0) is 31.5 Å². The summed E-state index contributed by atoms with van der Waals surface area (Å²) >= 11 is 6.12. The number of benzene rings is 1. The van der Waals surface area contributed by atoms with Crippen LogP contribution in [0.2, 0.25) is 5.15 Å². The van der Waals surface area contributed by atoms with E-state index in [4.69, 9.17) is 11.6 Å². The molecule has 96 valence electrons. The second-order valence-electron chi connectivity index (χ2n) is 4.32. The standard InChI is InChI=1S/C13H15ClFN3/c1-8-4-5-11(15)12(6-8)16-7-10-9(2)17-18(3)13(10)14/h4-6,16H,7H2,1-3H3. The Morgan fingerprint density at radius 2 is 2.11 bits per heavy atom. The molecule has 18 heavy (non-hydrogen) atoms. The molecule has 1 aromatic heterocycles. The molecule has 0 aliphatic carbocycles. The summed E-state index contributed by atoms with van der Waals surface area (Å²) < 4.78 is 15.2. The fourth-order valence-corrected chi connectivity index (χ4v) is 2.07. The van der Waals surface area contributed by atoms with E-state index in [1.54, 1.807) is 23.9 Å². The first-order valence-corrected chi connectivity index (χ1v) is 6.05. The van der Waals surface area contributed by atoms with Gasteiger partial charge in [0.05, 0.1) is 11.4 Å². The molecule has 1 aromatic carbocycles. The number of aromatic nitrogens is 2. The number of anilines is 1. The summed E-state index contributed by atoms with van der Waals surface area (Å²) in [6.07, 6.45) is 0. The quantitative estimate of drug-likeness (QED) is 0.923. The Labute approximate surface area is 111 Å². The Bertz CT molecular complexity index is 578. The summed E-state index contributed by atoms with van der Waals surface area (Å²) in [5.74, 6) is -0.265. The van der Waals surface area contributed by atoms with E-state index >= 15 is 0 Å². The highest BCUT2D eigenvalue weighted by Crippen LogP contribution is 2.21. The van der Waals surface area contributed by atoms with Crippen molar-refractivity contribution in [1.82, 2.24) is 9.78 Å². The molecule has 0 radical (unpaired) electrons. The van der Waals surface area contributed by atoms with Gasteiger partial charge in [-0.3, -0.25) is 4.68 Å². The molecule has 0 saturated heterocycles. The van der Waals surface area contributed by atoms with Crippen molar-refractivity contribution in [3.8, 4) is 0 Å². The van der Waals surface area contributed by atoms with Crippen LogP contribution < -0.4 is 5.32 Å². The van der Waals surface area contributed by atoms with Crippen LogP contribution in [0.3, 0.4) is 0 Å². The monoisotopic (exact) mass is 267 g/mol. The molecule has 0 amide bonds. The van der Waals surface area contributed by atoms with Gasteiger partial charge in [0, 0.05) is 19.2 Å². The molecule has 0 spiro atoms. The molecule has 1 heterocycles. The van der Waals surface area contributed by atoms with E-state index in [9.17, 15) is 4.39 Å². The predicted molar refractivity (Wildman–Crippen MR) is 71.4 cm³/mol. The van der Waals surface area contributed by atoms with Gasteiger partial charge < -0.3 is 5.32 Å². The second-order valence-corrected chi connectivity index (χ2v) is 4.67. The molecule has 3 nitrogen and oxygen atoms in total. The third-order valence-electron chi connectivity index (χ3n) is 2.85. The van der Waals surface area contributed by atoms with Crippen molar-refractivity contribution in [2.24, 2.45) is 7.05 Å². The Hall–Kier alpha value is -1.55. The molecule has 5 heteroatoms. The van der Waals surface area contributed by atoms with E-state index in [2.05, 4.69) is 10.4 Å². The molecule has 0 aliphatic rings. The van der Waals surface area contributed by atoms with Crippen LogP contribution in [0.5, 0.6) is 0 Å². The average Bonchev–Trinajstić information content (AvgIpc) is 2.55. The number of nitrogens with one attached hydrogen (secondary N) is 1. The predicted octanol–water partition coefficient (Wildman–Crippen LogP) is 3.44. The summed E-state index contributed by atoms with van der Waals surface area (Å²) in [4.78, 5) is 0. The van der Waals surface area contributed by atoms with Crippen molar-refractivity contribution in [2.45, 2.75) is 20.4 Å². The van der Waals surface area contributed by atoms with E-state index in [0.717, 1.165) is 16.8 Å². The van der Waals surface area contributed by atoms with E-state index in [1.165, 1.54) is 6.07 Å². The zero-order valence-corrected chi connectivity index (χ0v) is 11.3. The maximum absolute atomic E-state index is 13.6. The van der Waals surface area contributed by atoms with Gasteiger partial charge in [-0.25, -0.2) is 4.39 Å². The first-order valence-electron chi connectivity index (χ1n) is 5.67. The number of rotatable bonds is 3. The average molecular weight is 268 g/mol. The molecule has 0 aliphatic heterocycles. The molecule has 2 aromatic rings. The molecular weight excluding hydrogens is 253 g/mol. The molecule has 2 rings (SSSR count). The minimum absolute atomic E-state index is 0.265. The zero-order chi connectivity index (χ0) is 13.3. The fourth-order valence-electron chi connectivity index (χ4n) is 1.83. The maximum atomic E-state index is 13.6. The largest absolute Gasteiger partial charge is 0.378 e. The Balaban J connectivity index is 2.19. The number of hydrogen-bond donors (Lipinski definition) is 1. The highest BCUT2D eigenvalue weighted by atomic mass is 35.5. The van der Waals surface area contributed by atoms with Crippen molar-refractivity contribution in [2.75, 3.05) is 5.32 Å². The summed E-state index contributed by atoms with van der Waals surface area (Å²) in [6, 6.07) is 4.97. The Morgan fingerprint density at radius 1 is 1.39 bits per heavy atom. The SMILES string of the molecule is Cc1ccc(F)c(NCc2c(C)nn(C)c2Cl)c1. The third kappa shape index (κ3) is 2.48. The van der Waals surface area contributed by atoms with Crippen LogP contribution >= 0.6 is 11.6 Å². The minimum Gasteiger partial charge on any atom is -0.378 e. The van der Waals surface area contributed by atoms with Gasteiger partial charge in [-0.1, -0.05) is 17.7 Å². The molecule has 1 N–H and O–H groups in total. The topological polar surface area (TPSA) is 29.9 Å². The van der Waals surface area contributed by atoms with Gasteiger partial charge in [0.15, 0.2) is 0 Å². The van der Waals surface area contributed by atoms with Crippen LogP contribution in [0.4, 0.5) is 10.1 Å². The normalized spacial score (nSPS) is 10.7. The van der Waals surface area contributed by atoms with Gasteiger partial charge in [-0.15, -0.1) is 0 Å². The summed E-state index contributed by atoms with van der Waals surface area (Å²) in [5, 5.41) is 7.84. The lowest BCUT2D eigenvalue weighted by Crippen LogP contribution is -2.03. The molecule has 0 bridgehead atoms. The zero-order valence-electron chi connectivity index (χ0n) is 10.6. The lowest BCUT2D eigenvalue weighted by molar-refractivity contribution is 0.629. The van der Waals surface area contributed by atoms with E-state index < -0.39 is 0 Å². The van der Waals surface area contributed by atoms with Crippen LogP contribution in [0.1, 0.15) is 16.8 Å². The van der Waals surface area contributed by atoms with Crippen molar-refractivity contribution >= 4 is 17.3 Å². The summed E-state index contributed by atoms with van der Waals surface area (Å²) in [5.41, 5.74) is 3.23. The Kier molecular flexibility index (Phi) is 3.57. The second kappa shape index (κ2) is 4.98. The molecule has 0 fully saturated rings. The van der Waals surface area contributed by atoms with Crippen LogP contribution in [-0.2, 0) is 13.6 Å². The van der Waals surface area contributed by atoms with Crippen molar-refractivity contribution in [3.05, 3.63) is 46.0 Å². The first kappa shape index (κ1) is 12.9.